The van der Waals surface area contributed by atoms with Gasteiger partial charge in [0.15, 0.2) is 0 Å². The summed E-state index contributed by atoms with van der Waals surface area (Å²) in [6, 6.07) is 7.88. The van der Waals surface area contributed by atoms with Gasteiger partial charge in [0.1, 0.15) is 10.7 Å². The molecule has 0 atom stereocenters. The SMILES string of the molecule is CC(C)CCNC(=O)c1csc(CN2C(=O)CSc3ccccc32)n1. The normalized spacial score (nSPS) is 13.9. The number of anilines is 1. The lowest BCUT2D eigenvalue weighted by atomic mass is 10.1. The second kappa shape index (κ2) is 8.01. The van der Waals surface area contributed by atoms with Crippen molar-refractivity contribution < 1.29 is 9.59 Å². The Morgan fingerprint density at radius 2 is 2.16 bits per heavy atom. The molecule has 0 spiro atoms. The van der Waals surface area contributed by atoms with E-state index in [4.69, 9.17) is 0 Å². The van der Waals surface area contributed by atoms with Crippen molar-refractivity contribution in [3.05, 3.63) is 40.3 Å². The standard InChI is InChI=1S/C18H21N3O2S2/c1-12(2)7-8-19-18(23)13-10-25-16(20-13)9-21-14-5-3-4-6-15(14)24-11-17(21)22/h3-6,10,12H,7-9,11H2,1-2H3,(H,19,23). The number of benzene rings is 1. The van der Waals surface area contributed by atoms with Gasteiger partial charge in [-0.2, -0.15) is 0 Å². The van der Waals surface area contributed by atoms with Crippen LogP contribution in [0, 0.1) is 5.92 Å². The van der Waals surface area contributed by atoms with Gasteiger partial charge in [-0.05, 0) is 24.5 Å². The first-order valence-corrected chi connectivity index (χ1v) is 10.2. The van der Waals surface area contributed by atoms with E-state index in [9.17, 15) is 9.59 Å². The van der Waals surface area contributed by atoms with E-state index in [1.54, 1.807) is 22.0 Å². The molecule has 1 aliphatic rings. The van der Waals surface area contributed by atoms with Crippen molar-refractivity contribution in [3.8, 4) is 0 Å². The number of thioether (sulfide) groups is 1. The number of nitrogens with zero attached hydrogens (tertiary/aromatic N) is 2. The second-order valence-electron chi connectivity index (χ2n) is 6.30. The number of rotatable bonds is 6. The number of thiazole rings is 1. The van der Waals surface area contributed by atoms with E-state index >= 15 is 0 Å². The van der Waals surface area contributed by atoms with E-state index in [-0.39, 0.29) is 11.8 Å². The highest BCUT2D eigenvalue weighted by Crippen LogP contribution is 2.35. The molecule has 2 aromatic rings. The van der Waals surface area contributed by atoms with Gasteiger partial charge in [0.2, 0.25) is 5.91 Å². The number of aromatic nitrogens is 1. The highest BCUT2D eigenvalue weighted by molar-refractivity contribution is 8.00. The Labute approximate surface area is 155 Å². The molecule has 2 amide bonds. The molecule has 1 aliphatic heterocycles. The molecule has 25 heavy (non-hydrogen) atoms. The van der Waals surface area contributed by atoms with E-state index < -0.39 is 0 Å². The number of hydrogen-bond donors (Lipinski definition) is 1. The van der Waals surface area contributed by atoms with Gasteiger partial charge in [-0.1, -0.05) is 26.0 Å². The summed E-state index contributed by atoms with van der Waals surface area (Å²) in [4.78, 5) is 31.7. The third kappa shape index (κ3) is 4.41. The molecular formula is C18H21N3O2S2. The van der Waals surface area contributed by atoms with E-state index in [0.717, 1.165) is 22.0 Å². The van der Waals surface area contributed by atoms with Gasteiger partial charge in [0, 0.05) is 16.8 Å². The number of nitrogens with one attached hydrogen (secondary N) is 1. The van der Waals surface area contributed by atoms with Crippen molar-refractivity contribution in [2.45, 2.75) is 31.7 Å². The van der Waals surface area contributed by atoms with Crippen LogP contribution >= 0.6 is 23.1 Å². The number of hydrogen-bond acceptors (Lipinski definition) is 5. The van der Waals surface area contributed by atoms with Gasteiger partial charge < -0.3 is 10.2 Å². The van der Waals surface area contributed by atoms with Gasteiger partial charge in [-0.15, -0.1) is 23.1 Å². The molecule has 0 saturated carbocycles. The molecule has 0 fully saturated rings. The third-order valence-electron chi connectivity index (χ3n) is 3.89. The van der Waals surface area contributed by atoms with Crippen molar-refractivity contribution in [1.29, 1.82) is 0 Å². The Bertz CT molecular complexity index is 773. The summed E-state index contributed by atoms with van der Waals surface area (Å²) in [5.74, 6) is 0.908. The molecule has 0 bridgehead atoms. The summed E-state index contributed by atoms with van der Waals surface area (Å²) < 4.78 is 0. The Kier molecular flexibility index (Phi) is 5.75. The monoisotopic (exact) mass is 375 g/mol. The maximum atomic E-state index is 12.3. The average molecular weight is 376 g/mol. The molecule has 1 N–H and O–H groups in total. The largest absolute Gasteiger partial charge is 0.351 e. The zero-order chi connectivity index (χ0) is 17.8. The zero-order valence-corrected chi connectivity index (χ0v) is 16.0. The summed E-state index contributed by atoms with van der Waals surface area (Å²) in [6.45, 7) is 5.30. The van der Waals surface area contributed by atoms with Crippen LogP contribution in [0.3, 0.4) is 0 Å². The Balaban J connectivity index is 1.67. The number of amides is 2. The van der Waals surface area contributed by atoms with E-state index in [2.05, 4.69) is 24.1 Å². The molecule has 7 heteroatoms. The fourth-order valence-corrected chi connectivity index (χ4v) is 4.21. The molecule has 0 aliphatic carbocycles. The van der Waals surface area contributed by atoms with Crippen LogP contribution in [-0.4, -0.2) is 29.1 Å². The van der Waals surface area contributed by atoms with Crippen LogP contribution in [0.1, 0.15) is 35.8 Å². The highest BCUT2D eigenvalue weighted by Gasteiger charge is 2.25. The maximum absolute atomic E-state index is 12.3. The molecule has 0 radical (unpaired) electrons. The Morgan fingerprint density at radius 3 is 2.96 bits per heavy atom. The minimum atomic E-state index is -0.149. The lowest BCUT2D eigenvalue weighted by molar-refractivity contribution is -0.116. The smallest absolute Gasteiger partial charge is 0.270 e. The van der Waals surface area contributed by atoms with Crippen LogP contribution in [0.25, 0.3) is 0 Å². The minimum absolute atomic E-state index is 0.0711. The summed E-state index contributed by atoms with van der Waals surface area (Å²) in [5.41, 5.74) is 1.35. The first-order chi connectivity index (χ1) is 12.0. The summed E-state index contributed by atoms with van der Waals surface area (Å²) >= 11 is 2.98. The van der Waals surface area contributed by atoms with Gasteiger partial charge in [0.05, 0.1) is 18.0 Å². The van der Waals surface area contributed by atoms with Crippen molar-refractivity contribution in [1.82, 2.24) is 10.3 Å². The van der Waals surface area contributed by atoms with Crippen LogP contribution in [0.2, 0.25) is 0 Å². The first-order valence-electron chi connectivity index (χ1n) is 8.29. The van der Waals surface area contributed by atoms with Crippen molar-refractivity contribution in [2.24, 2.45) is 5.92 Å². The van der Waals surface area contributed by atoms with E-state index in [1.807, 2.05) is 24.3 Å². The topological polar surface area (TPSA) is 62.3 Å². The lowest BCUT2D eigenvalue weighted by Crippen LogP contribution is -2.34. The fraction of sp³-hybridized carbons (Fsp3) is 0.389. The molecule has 0 unspecified atom stereocenters. The quantitative estimate of drug-likeness (QED) is 0.839. The van der Waals surface area contributed by atoms with Crippen LogP contribution in [0.5, 0.6) is 0 Å². The molecule has 3 rings (SSSR count). The van der Waals surface area contributed by atoms with Crippen LogP contribution in [0.15, 0.2) is 34.5 Å². The van der Waals surface area contributed by atoms with Crippen molar-refractivity contribution >= 4 is 40.6 Å². The summed E-state index contributed by atoms with van der Waals surface area (Å²) in [6.07, 6.45) is 0.944. The number of carbonyl (C=O) groups excluding carboxylic acids is 2. The number of fused-ring (bicyclic) bond motifs is 1. The van der Waals surface area contributed by atoms with Gasteiger partial charge >= 0.3 is 0 Å². The number of carbonyl (C=O) groups is 2. The summed E-state index contributed by atoms with van der Waals surface area (Å²) in [7, 11) is 0. The van der Waals surface area contributed by atoms with E-state index in [1.165, 1.54) is 11.3 Å². The van der Waals surface area contributed by atoms with Crippen LogP contribution in [-0.2, 0) is 11.3 Å². The van der Waals surface area contributed by atoms with E-state index in [0.29, 0.717) is 30.5 Å². The molecule has 5 nitrogen and oxygen atoms in total. The predicted molar refractivity (Wildman–Crippen MR) is 102 cm³/mol. The van der Waals surface area contributed by atoms with Crippen LogP contribution < -0.4 is 10.2 Å². The van der Waals surface area contributed by atoms with Crippen LogP contribution in [0.4, 0.5) is 5.69 Å². The Hall–Kier alpha value is -1.86. The minimum Gasteiger partial charge on any atom is -0.351 e. The lowest BCUT2D eigenvalue weighted by Gasteiger charge is -2.28. The second-order valence-corrected chi connectivity index (χ2v) is 8.26. The first kappa shape index (κ1) is 17.9. The zero-order valence-electron chi connectivity index (χ0n) is 14.3. The third-order valence-corrected chi connectivity index (χ3v) is 5.77. The van der Waals surface area contributed by atoms with Crippen molar-refractivity contribution in [2.75, 3.05) is 17.2 Å². The van der Waals surface area contributed by atoms with Gasteiger partial charge in [-0.25, -0.2) is 4.98 Å². The maximum Gasteiger partial charge on any atom is 0.270 e. The number of para-hydroxylation sites is 1. The summed E-state index contributed by atoms with van der Waals surface area (Å²) in [5, 5.41) is 5.42. The predicted octanol–water partition coefficient (Wildman–Crippen LogP) is 3.56. The highest BCUT2D eigenvalue weighted by atomic mass is 32.2. The Morgan fingerprint density at radius 1 is 1.36 bits per heavy atom. The van der Waals surface area contributed by atoms with Gasteiger partial charge in [-0.3, -0.25) is 9.59 Å². The average Bonchev–Trinajstić information content (AvgIpc) is 3.06. The fourth-order valence-electron chi connectivity index (χ4n) is 2.52. The molecule has 132 valence electrons. The molecule has 2 heterocycles. The molecular weight excluding hydrogens is 354 g/mol. The molecule has 1 aromatic heterocycles. The van der Waals surface area contributed by atoms with Gasteiger partial charge in [0.25, 0.3) is 5.91 Å². The molecule has 0 saturated heterocycles. The van der Waals surface area contributed by atoms with Crippen molar-refractivity contribution in [3.63, 3.8) is 0 Å². The molecule has 1 aromatic carbocycles.